The molecule has 2 amide bonds. The number of anilines is 1. The lowest BCUT2D eigenvalue weighted by molar-refractivity contribution is 0.243. The zero-order valence-electron chi connectivity index (χ0n) is 13.4. The van der Waals surface area contributed by atoms with Crippen molar-refractivity contribution in [2.45, 2.75) is 32.4 Å². The molecule has 1 aromatic carbocycles. The first kappa shape index (κ1) is 14.6. The van der Waals surface area contributed by atoms with Crippen molar-refractivity contribution in [3.05, 3.63) is 48.2 Å². The second-order valence-corrected chi connectivity index (χ2v) is 6.02. The summed E-state index contributed by atoms with van der Waals surface area (Å²) in [6.07, 6.45) is 3.24. The van der Waals surface area contributed by atoms with Gasteiger partial charge in [0.05, 0.1) is 23.8 Å². The highest BCUT2D eigenvalue weighted by Crippen LogP contribution is 2.21. The molecule has 0 saturated heterocycles. The summed E-state index contributed by atoms with van der Waals surface area (Å²) in [4.78, 5) is 21.1. The summed E-state index contributed by atoms with van der Waals surface area (Å²) in [6.45, 7) is 2.59. The van der Waals surface area contributed by atoms with Crippen LogP contribution in [0.5, 0.6) is 0 Å². The minimum absolute atomic E-state index is 0.0453. The van der Waals surface area contributed by atoms with Crippen LogP contribution in [0.1, 0.15) is 17.9 Å². The molecule has 0 radical (unpaired) electrons. The molecule has 0 fully saturated rings. The second kappa shape index (κ2) is 5.92. The van der Waals surface area contributed by atoms with E-state index in [9.17, 15) is 4.79 Å². The van der Waals surface area contributed by atoms with Gasteiger partial charge in [-0.05, 0) is 25.5 Å². The molecule has 2 aromatic heterocycles. The third kappa shape index (κ3) is 2.80. The van der Waals surface area contributed by atoms with Gasteiger partial charge >= 0.3 is 6.03 Å². The van der Waals surface area contributed by atoms with E-state index in [4.69, 9.17) is 0 Å². The van der Waals surface area contributed by atoms with E-state index in [0.29, 0.717) is 12.2 Å². The molecule has 24 heavy (non-hydrogen) atoms. The van der Waals surface area contributed by atoms with Gasteiger partial charge in [0.1, 0.15) is 12.2 Å². The standard InChI is InChI=1S/C17H18N6O/c1-11-5-6-12-3-2-4-14(16(12)20-11)22-17(24)21-13-7-8-15-18-10-19-23(15)9-13/h2-6,10,13H,7-9H2,1H3,(H2,21,22,24)/t13-/m1/s1. The minimum atomic E-state index is -0.223. The summed E-state index contributed by atoms with van der Waals surface area (Å²) in [7, 11) is 0. The first-order valence-electron chi connectivity index (χ1n) is 7.99. The maximum atomic E-state index is 12.4. The number of carbonyl (C=O) groups excluding carboxylic acids is 1. The van der Waals surface area contributed by atoms with Crippen LogP contribution < -0.4 is 10.6 Å². The van der Waals surface area contributed by atoms with Gasteiger partial charge in [-0.3, -0.25) is 4.98 Å². The number of rotatable bonds is 2. The van der Waals surface area contributed by atoms with Gasteiger partial charge in [0, 0.05) is 17.5 Å². The Morgan fingerprint density at radius 2 is 2.21 bits per heavy atom. The molecule has 3 heterocycles. The summed E-state index contributed by atoms with van der Waals surface area (Å²) in [5.41, 5.74) is 2.43. The molecule has 0 unspecified atom stereocenters. The molecule has 0 aliphatic carbocycles. The lowest BCUT2D eigenvalue weighted by Gasteiger charge is -2.23. The Morgan fingerprint density at radius 1 is 1.29 bits per heavy atom. The largest absolute Gasteiger partial charge is 0.333 e. The first-order chi connectivity index (χ1) is 11.7. The molecule has 0 bridgehead atoms. The lowest BCUT2D eigenvalue weighted by Crippen LogP contribution is -2.43. The Bertz CT molecular complexity index is 903. The minimum Gasteiger partial charge on any atom is -0.333 e. The van der Waals surface area contributed by atoms with E-state index in [1.165, 1.54) is 0 Å². The Labute approximate surface area is 139 Å². The smallest absolute Gasteiger partial charge is 0.319 e. The maximum absolute atomic E-state index is 12.4. The van der Waals surface area contributed by atoms with Gasteiger partial charge in [-0.15, -0.1) is 0 Å². The number of nitrogens with zero attached hydrogens (tertiary/aromatic N) is 4. The summed E-state index contributed by atoms with van der Waals surface area (Å²) in [5, 5.41) is 11.1. The Kier molecular flexibility index (Phi) is 3.60. The van der Waals surface area contributed by atoms with Gasteiger partial charge in [0.15, 0.2) is 0 Å². The van der Waals surface area contributed by atoms with Gasteiger partial charge in [0.25, 0.3) is 0 Å². The van der Waals surface area contributed by atoms with Crippen LogP contribution in [0.3, 0.4) is 0 Å². The van der Waals surface area contributed by atoms with Crippen molar-refractivity contribution in [3.8, 4) is 0 Å². The topological polar surface area (TPSA) is 84.7 Å². The fourth-order valence-electron chi connectivity index (χ4n) is 3.04. The molecule has 122 valence electrons. The molecule has 1 aliphatic rings. The van der Waals surface area contributed by atoms with Crippen molar-refractivity contribution < 1.29 is 4.79 Å². The van der Waals surface area contributed by atoms with E-state index in [1.807, 2.05) is 41.9 Å². The van der Waals surface area contributed by atoms with Crippen molar-refractivity contribution in [1.29, 1.82) is 0 Å². The Hall–Kier alpha value is -2.96. The van der Waals surface area contributed by atoms with Crippen LogP contribution in [0, 0.1) is 6.92 Å². The van der Waals surface area contributed by atoms with E-state index < -0.39 is 0 Å². The molecular formula is C17H18N6O. The van der Waals surface area contributed by atoms with Crippen molar-refractivity contribution >= 4 is 22.6 Å². The number of aromatic nitrogens is 4. The number of nitrogens with one attached hydrogen (secondary N) is 2. The third-order valence-corrected chi connectivity index (χ3v) is 4.25. The Balaban J connectivity index is 1.48. The molecule has 2 N–H and O–H groups in total. The summed E-state index contributed by atoms with van der Waals surface area (Å²) >= 11 is 0. The number of hydrogen-bond acceptors (Lipinski definition) is 4. The van der Waals surface area contributed by atoms with Crippen LogP contribution in [0.4, 0.5) is 10.5 Å². The van der Waals surface area contributed by atoms with Gasteiger partial charge in [0.2, 0.25) is 0 Å². The highest BCUT2D eigenvalue weighted by atomic mass is 16.2. The van der Waals surface area contributed by atoms with Crippen LogP contribution in [-0.2, 0) is 13.0 Å². The van der Waals surface area contributed by atoms with Crippen LogP contribution in [0.15, 0.2) is 36.7 Å². The van der Waals surface area contributed by atoms with E-state index in [2.05, 4.69) is 25.7 Å². The molecule has 1 aliphatic heterocycles. The van der Waals surface area contributed by atoms with Crippen molar-refractivity contribution in [2.75, 3.05) is 5.32 Å². The number of urea groups is 1. The quantitative estimate of drug-likeness (QED) is 0.758. The number of amides is 2. The Morgan fingerprint density at radius 3 is 3.12 bits per heavy atom. The fraction of sp³-hybridized carbons (Fsp3) is 0.294. The van der Waals surface area contributed by atoms with Crippen LogP contribution in [0.25, 0.3) is 10.9 Å². The van der Waals surface area contributed by atoms with Gasteiger partial charge in [-0.2, -0.15) is 5.10 Å². The van der Waals surface area contributed by atoms with E-state index in [-0.39, 0.29) is 12.1 Å². The summed E-state index contributed by atoms with van der Waals surface area (Å²) in [6, 6.07) is 9.56. The van der Waals surface area contributed by atoms with E-state index in [1.54, 1.807) is 6.33 Å². The van der Waals surface area contributed by atoms with Crippen molar-refractivity contribution in [2.24, 2.45) is 0 Å². The third-order valence-electron chi connectivity index (χ3n) is 4.25. The lowest BCUT2D eigenvalue weighted by atomic mass is 10.1. The van der Waals surface area contributed by atoms with Crippen LogP contribution in [0.2, 0.25) is 0 Å². The SMILES string of the molecule is Cc1ccc2cccc(NC(=O)N[C@@H]3CCc4ncnn4C3)c2n1. The number of pyridine rings is 1. The van der Waals surface area contributed by atoms with Crippen molar-refractivity contribution in [3.63, 3.8) is 0 Å². The number of fused-ring (bicyclic) bond motifs is 2. The maximum Gasteiger partial charge on any atom is 0.319 e. The zero-order valence-corrected chi connectivity index (χ0v) is 13.4. The number of carbonyl (C=O) groups is 1. The van der Waals surface area contributed by atoms with Crippen molar-refractivity contribution in [1.82, 2.24) is 25.1 Å². The predicted octanol–water partition coefficient (Wildman–Crippen LogP) is 2.27. The molecule has 0 saturated carbocycles. The predicted molar refractivity (Wildman–Crippen MR) is 90.8 cm³/mol. The van der Waals surface area contributed by atoms with Gasteiger partial charge in [-0.25, -0.2) is 14.5 Å². The van der Waals surface area contributed by atoms with E-state index >= 15 is 0 Å². The second-order valence-electron chi connectivity index (χ2n) is 6.02. The summed E-state index contributed by atoms with van der Waals surface area (Å²) in [5.74, 6) is 0.974. The van der Waals surface area contributed by atoms with E-state index in [0.717, 1.165) is 35.3 Å². The number of benzene rings is 1. The zero-order chi connectivity index (χ0) is 16.5. The monoisotopic (exact) mass is 322 g/mol. The molecule has 4 rings (SSSR count). The van der Waals surface area contributed by atoms with Crippen LogP contribution in [-0.4, -0.2) is 31.8 Å². The average molecular weight is 322 g/mol. The molecule has 7 nitrogen and oxygen atoms in total. The van der Waals surface area contributed by atoms with Crippen LogP contribution >= 0.6 is 0 Å². The molecule has 1 atom stereocenters. The highest BCUT2D eigenvalue weighted by Gasteiger charge is 2.21. The molecule has 7 heteroatoms. The average Bonchev–Trinajstić information content (AvgIpc) is 3.03. The highest BCUT2D eigenvalue weighted by molar-refractivity contribution is 5.99. The number of para-hydroxylation sites is 1. The molecular weight excluding hydrogens is 304 g/mol. The molecule has 0 spiro atoms. The number of hydrogen-bond donors (Lipinski definition) is 2. The number of aryl methyl sites for hydroxylation is 2. The fourth-order valence-corrected chi connectivity index (χ4v) is 3.04. The molecule has 3 aromatic rings. The summed E-state index contributed by atoms with van der Waals surface area (Å²) < 4.78 is 1.84. The first-order valence-corrected chi connectivity index (χ1v) is 7.99. The normalized spacial score (nSPS) is 16.6. The van der Waals surface area contributed by atoms with Gasteiger partial charge in [-0.1, -0.05) is 18.2 Å². The van der Waals surface area contributed by atoms with Gasteiger partial charge < -0.3 is 10.6 Å².